The van der Waals surface area contributed by atoms with E-state index in [1.165, 1.54) is 5.39 Å². The summed E-state index contributed by atoms with van der Waals surface area (Å²) in [5.41, 5.74) is 3.30. The van der Waals surface area contributed by atoms with Gasteiger partial charge in [-0.2, -0.15) is 10.2 Å². The first kappa shape index (κ1) is 13.8. The normalized spacial score (nSPS) is 11.3. The smallest absolute Gasteiger partial charge is 0.0857 e. The van der Waals surface area contributed by atoms with E-state index in [1.54, 1.807) is 0 Å². The Morgan fingerprint density at radius 2 is 2.00 bits per heavy atom. The summed E-state index contributed by atoms with van der Waals surface area (Å²) in [7, 11) is 1.94. The van der Waals surface area contributed by atoms with E-state index in [0.717, 1.165) is 36.4 Å². The maximum atomic E-state index is 4.77. The van der Waals surface area contributed by atoms with Crippen LogP contribution in [0.5, 0.6) is 0 Å². The van der Waals surface area contributed by atoms with Crippen LogP contribution in [0.4, 0.5) is 0 Å². The zero-order valence-electron chi connectivity index (χ0n) is 12.6. The molecule has 21 heavy (non-hydrogen) atoms. The molecule has 0 saturated carbocycles. The molecule has 0 unspecified atom stereocenters. The number of hydrogen-bond acceptors (Lipinski definition) is 3. The Bertz CT molecular complexity index is 725. The van der Waals surface area contributed by atoms with Crippen LogP contribution in [-0.2, 0) is 20.1 Å². The van der Waals surface area contributed by atoms with Crippen LogP contribution in [0.15, 0.2) is 36.5 Å². The van der Waals surface area contributed by atoms with Gasteiger partial charge in [0.15, 0.2) is 0 Å². The minimum atomic E-state index is 0.704. The van der Waals surface area contributed by atoms with Gasteiger partial charge in [-0.25, -0.2) is 0 Å². The summed E-state index contributed by atoms with van der Waals surface area (Å²) in [5.74, 6) is 0. The average molecular weight is 283 g/mol. The van der Waals surface area contributed by atoms with Gasteiger partial charge in [-0.05, 0) is 25.1 Å². The van der Waals surface area contributed by atoms with Gasteiger partial charge >= 0.3 is 0 Å². The molecule has 2 aromatic heterocycles. The molecule has 0 radical (unpaired) electrons. The standard InChI is InChI=1S/C16H21N5/c1-3-9-17-11-15-14-6-4-5-7-16(14)21(19-15)12-13-8-10-20(2)18-13/h4-8,10,17H,3,9,11-12H2,1-2H3. The molecule has 0 aliphatic carbocycles. The molecule has 3 rings (SSSR count). The molecule has 0 bridgehead atoms. The highest BCUT2D eigenvalue weighted by Gasteiger charge is 2.10. The molecule has 0 spiro atoms. The lowest BCUT2D eigenvalue weighted by Gasteiger charge is -2.00. The van der Waals surface area contributed by atoms with Crippen molar-refractivity contribution in [2.75, 3.05) is 6.54 Å². The van der Waals surface area contributed by atoms with Crippen molar-refractivity contribution < 1.29 is 0 Å². The van der Waals surface area contributed by atoms with E-state index < -0.39 is 0 Å². The molecular formula is C16H21N5. The first-order valence-corrected chi connectivity index (χ1v) is 7.41. The predicted octanol–water partition coefficient (Wildman–Crippen LogP) is 2.32. The molecule has 5 heteroatoms. The Morgan fingerprint density at radius 3 is 2.76 bits per heavy atom. The number of hydrogen-bond donors (Lipinski definition) is 1. The Balaban J connectivity index is 1.90. The molecule has 1 N–H and O–H groups in total. The van der Waals surface area contributed by atoms with Gasteiger partial charge in [-0.15, -0.1) is 0 Å². The van der Waals surface area contributed by atoms with Gasteiger partial charge in [0.2, 0.25) is 0 Å². The minimum Gasteiger partial charge on any atom is -0.311 e. The highest BCUT2D eigenvalue weighted by molar-refractivity contribution is 5.82. The van der Waals surface area contributed by atoms with Crippen molar-refractivity contribution >= 4 is 10.9 Å². The molecule has 0 fully saturated rings. The number of fused-ring (bicyclic) bond motifs is 1. The molecule has 0 aliphatic heterocycles. The fraction of sp³-hybridized carbons (Fsp3) is 0.375. The lowest BCUT2D eigenvalue weighted by molar-refractivity contribution is 0.625. The second-order valence-electron chi connectivity index (χ2n) is 5.28. The van der Waals surface area contributed by atoms with Crippen LogP contribution in [0.1, 0.15) is 24.7 Å². The second kappa shape index (κ2) is 6.10. The minimum absolute atomic E-state index is 0.704. The maximum absolute atomic E-state index is 4.77. The van der Waals surface area contributed by atoms with Gasteiger partial charge < -0.3 is 5.32 Å². The summed E-state index contributed by atoms with van der Waals surface area (Å²) in [6, 6.07) is 10.4. The van der Waals surface area contributed by atoms with Crippen LogP contribution < -0.4 is 5.32 Å². The molecule has 3 aromatic rings. The van der Waals surface area contributed by atoms with Crippen LogP contribution in [0.3, 0.4) is 0 Å². The topological polar surface area (TPSA) is 47.7 Å². The van der Waals surface area contributed by atoms with E-state index in [4.69, 9.17) is 5.10 Å². The fourth-order valence-corrected chi connectivity index (χ4v) is 2.53. The quantitative estimate of drug-likeness (QED) is 0.706. The molecule has 1 aromatic carbocycles. The largest absolute Gasteiger partial charge is 0.311 e. The van der Waals surface area contributed by atoms with E-state index in [2.05, 4.69) is 41.6 Å². The van der Waals surface area contributed by atoms with E-state index >= 15 is 0 Å². The second-order valence-corrected chi connectivity index (χ2v) is 5.28. The van der Waals surface area contributed by atoms with Crippen LogP contribution >= 0.6 is 0 Å². The van der Waals surface area contributed by atoms with E-state index in [1.807, 2.05) is 28.7 Å². The molecule has 0 aliphatic rings. The van der Waals surface area contributed by atoms with Gasteiger partial charge in [0.1, 0.15) is 0 Å². The van der Waals surface area contributed by atoms with Crippen molar-refractivity contribution in [2.45, 2.75) is 26.4 Å². The SMILES string of the molecule is CCCNCc1nn(Cc2ccn(C)n2)c2ccccc12. The van der Waals surface area contributed by atoms with E-state index in [9.17, 15) is 0 Å². The average Bonchev–Trinajstić information content (AvgIpc) is 3.05. The van der Waals surface area contributed by atoms with Crippen molar-refractivity contribution in [3.63, 3.8) is 0 Å². The fourth-order valence-electron chi connectivity index (χ4n) is 2.53. The summed E-state index contributed by atoms with van der Waals surface area (Å²) in [6.45, 7) is 4.70. The van der Waals surface area contributed by atoms with Gasteiger partial charge in [0, 0.05) is 25.2 Å². The van der Waals surface area contributed by atoms with Gasteiger partial charge in [-0.3, -0.25) is 9.36 Å². The zero-order valence-corrected chi connectivity index (χ0v) is 12.6. The van der Waals surface area contributed by atoms with Crippen molar-refractivity contribution in [1.82, 2.24) is 24.9 Å². The zero-order chi connectivity index (χ0) is 14.7. The highest BCUT2D eigenvalue weighted by Crippen LogP contribution is 2.19. The van der Waals surface area contributed by atoms with Crippen molar-refractivity contribution in [3.05, 3.63) is 47.9 Å². The molecule has 2 heterocycles. The number of para-hydroxylation sites is 1. The number of aromatic nitrogens is 4. The molecule has 0 saturated heterocycles. The maximum Gasteiger partial charge on any atom is 0.0857 e. The lowest BCUT2D eigenvalue weighted by Crippen LogP contribution is -2.14. The van der Waals surface area contributed by atoms with Crippen molar-refractivity contribution in [1.29, 1.82) is 0 Å². The van der Waals surface area contributed by atoms with Gasteiger partial charge in [0.25, 0.3) is 0 Å². The van der Waals surface area contributed by atoms with Crippen LogP contribution in [0, 0.1) is 0 Å². The summed E-state index contributed by atoms with van der Waals surface area (Å²) >= 11 is 0. The van der Waals surface area contributed by atoms with Crippen molar-refractivity contribution in [2.24, 2.45) is 7.05 Å². The third kappa shape index (κ3) is 2.97. The third-order valence-corrected chi connectivity index (χ3v) is 3.53. The number of benzene rings is 1. The summed E-state index contributed by atoms with van der Waals surface area (Å²) < 4.78 is 3.87. The lowest BCUT2D eigenvalue weighted by atomic mass is 10.2. The summed E-state index contributed by atoms with van der Waals surface area (Å²) in [6.07, 6.45) is 3.09. The van der Waals surface area contributed by atoms with Gasteiger partial charge in [-0.1, -0.05) is 25.1 Å². The summed E-state index contributed by atoms with van der Waals surface area (Å²) in [5, 5.41) is 13.9. The first-order valence-electron chi connectivity index (χ1n) is 7.41. The number of aryl methyl sites for hydroxylation is 1. The Labute approximate surface area is 124 Å². The number of nitrogens with one attached hydrogen (secondary N) is 1. The predicted molar refractivity (Wildman–Crippen MR) is 84.0 cm³/mol. The molecule has 110 valence electrons. The van der Waals surface area contributed by atoms with E-state index in [0.29, 0.717) is 6.54 Å². The summed E-state index contributed by atoms with van der Waals surface area (Å²) in [4.78, 5) is 0. The van der Waals surface area contributed by atoms with Crippen molar-refractivity contribution in [3.8, 4) is 0 Å². The van der Waals surface area contributed by atoms with Crippen LogP contribution in [-0.4, -0.2) is 26.1 Å². The Morgan fingerprint density at radius 1 is 1.14 bits per heavy atom. The highest BCUT2D eigenvalue weighted by atomic mass is 15.3. The van der Waals surface area contributed by atoms with Crippen LogP contribution in [0.2, 0.25) is 0 Å². The number of rotatable bonds is 6. The number of nitrogens with zero attached hydrogens (tertiary/aromatic N) is 4. The third-order valence-electron chi connectivity index (χ3n) is 3.53. The molecule has 5 nitrogen and oxygen atoms in total. The molecular weight excluding hydrogens is 262 g/mol. The monoisotopic (exact) mass is 283 g/mol. The molecule has 0 atom stereocenters. The van der Waals surface area contributed by atoms with Crippen LogP contribution in [0.25, 0.3) is 10.9 Å². The Kier molecular flexibility index (Phi) is 4.01. The van der Waals surface area contributed by atoms with E-state index in [-0.39, 0.29) is 0 Å². The molecule has 0 amide bonds. The first-order chi connectivity index (χ1) is 10.3. The van der Waals surface area contributed by atoms with Gasteiger partial charge in [0.05, 0.1) is 23.4 Å². The Hall–Kier alpha value is -2.14.